The molecular formula is C13H16N8O5. The number of aliphatic hydroxyl groups is 1. The minimum Gasteiger partial charge on any atom is -0.493 e. The molecule has 0 aliphatic carbocycles. The second-order valence-corrected chi connectivity index (χ2v) is 5.49. The van der Waals surface area contributed by atoms with Crippen LogP contribution in [-0.2, 0) is 6.54 Å². The predicted molar refractivity (Wildman–Crippen MR) is 87.9 cm³/mol. The first kappa shape index (κ1) is 17.3. The number of H-pyrrole nitrogens is 2. The van der Waals surface area contributed by atoms with Crippen LogP contribution in [0.4, 0.5) is 22.2 Å². The van der Waals surface area contributed by atoms with E-state index in [9.17, 15) is 24.6 Å². The molecule has 3 rings (SSSR count). The van der Waals surface area contributed by atoms with E-state index in [4.69, 9.17) is 0 Å². The summed E-state index contributed by atoms with van der Waals surface area (Å²) in [6.45, 7) is 2.30. The van der Waals surface area contributed by atoms with Gasteiger partial charge in [0.25, 0.3) is 11.5 Å². The Labute approximate surface area is 145 Å². The number of aromatic amines is 2. The quantitative estimate of drug-likeness (QED) is 0.474. The zero-order valence-electron chi connectivity index (χ0n) is 13.8. The van der Waals surface area contributed by atoms with E-state index in [1.54, 1.807) is 0 Å². The van der Waals surface area contributed by atoms with Crippen molar-refractivity contribution < 1.29 is 15.0 Å². The summed E-state index contributed by atoms with van der Waals surface area (Å²) < 4.78 is 1.54. The normalized spacial score (nSPS) is 16.8. The van der Waals surface area contributed by atoms with Gasteiger partial charge in [0.15, 0.2) is 12.0 Å². The number of imidazole rings is 1. The number of rotatable bonds is 4. The van der Waals surface area contributed by atoms with Crippen molar-refractivity contribution in [3.05, 3.63) is 26.5 Å². The number of aromatic hydroxyl groups is 1. The second kappa shape index (κ2) is 6.44. The van der Waals surface area contributed by atoms with Crippen LogP contribution in [0, 0.1) is 0 Å². The van der Waals surface area contributed by atoms with Gasteiger partial charge in [-0.05, 0) is 6.42 Å². The van der Waals surface area contributed by atoms with Gasteiger partial charge < -0.3 is 20.1 Å². The lowest BCUT2D eigenvalue weighted by Crippen LogP contribution is -2.45. The molecule has 1 atom stereocenters. The number of urea groups is 1. The van der Waals surface area contributed by atoms with Gasteiger partial charge in [0.05, 0.1) is 0 Å². The van der Waals surface area contributed by atoms with Crippen LogP contribution in [0.3, 0.4) is 0 Å². The fourth-order valence-corrected chi connectivity index (χ4v) is 2.51. The topological polar surface area (TPSA) is 181 Å². The summed E-state index contributed by atoms with van der Waals surface area (Å²) in [6.07, 6.45) is -0.609. The minimum atomic E-state index is -1.28. The highest BCUT2D eigenvalue weighted by Crippen LogP contribution is 2.33. The van der Waals surface area contributed by atoms with Crippen LogP contribution in [0.5, 0.6) is 5.88 Å². The van der Waals surface area contributed by atoms with E-state index in [1.165, 1.54) is 16.5 Å². The smallest absolute Gasteiger partial charge is 0.328 e. The third-order valence-corrected chi connectivity index (χ3v) is 3.69. The number of carbonyl (C=O) groups is 1. The molecular weight excluding hydrogens is 348 g/mol. The fraction of sp³-hybridized carbons (Fsp3) is 0.385. The Bertz CT molecular complexity index is 1000. The predicted octanol–water partition coefficient (Wildman–Crippen LogP) is -0.0590. The highest BCUT2D eigenvalue weighted by molar-refractivity contribution is 5.93. The van der Waals surface area contributed by atoms with Crippen LogP contribution in [0.2, 0.25) is 0 Å². The van der Waals surface area contributed by atoms with Crippen LogP contribution < -0.4 is 21.5 Å². The Kier molecular flexibility index (Phi) is 4.29. The van der Waals surface area contributed by atoms with Gasteiger partial charge in [-0.3, -0.25) is 19.7 Å². The Morgan fingerprint density at radius 3 is 2.62 bits per heavy atom. The number of nitrogens with one attached hydrogen (secondary N) is 3. The molecule has 2 aromatic heterocycles. The van der Waals surface area contributed by atoms with E-state index in [0.29, 0.717) is 18.7 Å². The van der Waals surface area contributed by atoms with Gasteiger partial charge in [-0.1, -0.05) is 6.92 Å². The Hall–Kier alpha value is -3.48. The van der Waals surface area contributed by atoms with Gasteiger partial charge in [0.1, 0.15) is 5.69 Å². The summed E-state index contributed by atoms with van der Waals surface area (Å²) in [5.41, 5.74) is -2.00. The maximum Gasteiger partial charge on any atom is 0.328 e. The number of aromatic nitrogens is 4. The number of hydrogen-bond donors (Lipinski definition) is 5. The highest BCUT2D eigenvalue weighted by atomic mass is 16.3. The minimum absolute atomic E-state index is 0.0178. The molecule has 13 nitrogen and oxygen atoms in total. The third kappa shape index (κ3) is 2.83. The van der Waals surface area contributed by atoms with E-state index in [1.807, 2.05) is 16.9 Å². The van der Waals surface area contributed by atoms with Crippen molar-refractivity contribution in [1.29, 1.82) is 0 Å². The maximum absolute atomic E-state index is 11.8. The molecule has 2 aromatic rings. The average molecular weight is 364 g/mol. The second-order valence-electron chi connectivity index (χ2n) is 5.49. The molecule has 13 heteroatoms. The molecule has 0 unspecified atom stereocenters. The van der Waals surface area contributed by atoms with Gasteiger partial charge in [-0.2, -0.15) is 4.98 Å². The number of amides is 2. The molecule has 5 N–H and O–H groups in total. The molecule has 1 aliphatic rings. The third-order valence-electron chi connectivity index (χ3n) is 3.69. The number of carbonyl (C=O) groups excluding carboxylic acids is 1. The highest BCUT2D eigenvalue weighted by Gasteiger charge is 2.33. The zero-order chi connectivity index (χ0) is 19.0. The van der Waals surface area contributed by atoms with Crippen molar-refractivity contribution in [1.82, 2.24) is 24.8 Å². The number of aliphatic hydroxyl groups excluding tert-OH is 1. The molecule has 0 aromatic carbocycles. The summed E-state index contributed by atoms with van der Waals surface area (Å²) in [4.78, 5) is 43.9. The zero-order valence-corrected chi connectivity index (χ0v) is 13.8. The summed E-state index contributed by atoms with van der Waals surface area (Å²) in [5, 5.41) is 29.7. The summed E-state index contributed by atoms with van der Waals surface area (Å²) >= 11 is 0. The van der Waals surface area contributed by atoms with E-state index < -0.39 is 35.1 Å². The van der Waals surface area contributed by atoms with Gasteiger partial charge in [-0.25, -0.2) is 9.59 Å². The van der Waals surface area contributed by atoms with Crippen molar-refractivity contribution in [2.45, 2.75) is 26.1 Å². The van der Waals surface area contributed by atoms with Crippen LogP contribution in [-0.4, -0.2) is 42.8 Å². The Morgan fingerprint density at radius 1 is 1.23 bits per heavy atom. The molecule has 26 heavy (non-hydrogen) atoms. The molecule has 2 amide bonds. The van der Waals surface area contributed by atoms with Gasteiger partial charge in [0.2, 0.25) is 11.6 Å². The Balaban J connectivity index is 2.10. The number of anilines is 1. The van der Waals surface area contributed by atoms with Crippen molar-refractivity contribution >= 4 is 23.5 Å². The SMILES string of the molecule is CCCn1c(N=Nc2c(O)[nH]c(=O)[nH]c2=O)nc2c1[C@H](O)NC(=O)N2C. The molecule has 3 heterocycles. The lowest BCUT2D eigenvalue weighted by Gasteiger charge is -2.27. The largest absolute Gasteiger partial charge is 0.493 e. The van der Waals surface area contributed by atoms with Crippen molar-refractivity contribution in [3.63, 3.8) is 0 Å². The number of hydrogen-bond acceptors (Lipinski definition) is 8. The van der Waals surface area contributed by atoms with Crippen LogP contribution >= 0.6 is 0 Å². The first-order chi connectivity index (χ1) is 12.3. The summed E-state index contributed by atoms with van der Waals surface area (Å²) in [7, 11) is 1.47. The van der Waals surface area contributed by atoms with E-state index in [-0.39, 0.29) is 11.8 Å². The molecule has 0 radical (unpaired) electrons. The summed E-state index contributed by atoms with van der Waals surface area (Å²) in [6, 6.07) is -0.538. The monoisotopic (exact) mass is 364 g/mol. The molecule has 0 spiro atoms. The molecule has 138 valence electrons. The molecule has 0 saturated carbocycles. The lowest BCUT2D eigenvalue weighted by atomic mass is 10.3. The van der Waals surface area contributed by atoms with Crippen molar-refractivity contribution in [3.8, 4) is 5.88 Å². The molecule has 1 aliphatic heterocycles. The first-order valence-electron chi connectivity index (χ1n) is 7.63. The number of azo groups is 1. The lowest BCUT2D eigenvalue weighted by molar-refractivity contribution is 0.133. The molecule has 0 fully saturated rings. The molecule has 0 bridgehead atoms. The fourth-order valence-electron chi connectivity index (χ4n) is 2.51. The van der Waals surface area contributed by atoms with Crippen LogP contribution in [0.15, 0.2) is 19.8 Å². The van der Waals surface area contributed by atoms with Crippen molar-refractivity contribution in [2.75, 3.05) is 11.9 Å². The number of fused-ring (bicyclic) bond motifs is 1. The maximum atomic E-state index is 11.8. The Morgan fingerprint density at radius 2 is 1.96 bits per heavy atom. The van der Waals surface area contributed by atoms with Crippen LogP contribution in [0.1, 0.15) is 25.3 Å². The van der Waals surface area contributed by atoms with Gasteiger partial charge >= 0.3 is 11.7 Å². The average Bonchev–Trinajstić information content (AvgIpc) is 2.91. The standard InChI is InChI=1S/C13H16N8O5/c1-3-4-21-6-7(20(2)13(26)17-10(6)24)14-11(21)19-18-5-8(22)15-12(25)16-9(5)23/h10,24H,3-4H2,1-2H3,(H,17,26)(H3,15,16,22,23,25)/t10-/m0/s1. The first-order valence-corrected chi connectivity index (χ1v) is 7.63. The summed E-state index contributed by atoms with van der Waals surface area (Å²) in [5.74, 6) is -0.526. The van der Waals surface area contributed by atoms with E-state index in [2.05, 4.69) is 20.5 Å². The van der Waals surface area contributed by atoms with Gasteiger partial charge in [0, 0.05) is 13.6 Å². The number of nitrogens with zero attached hydrogens (tertiary/aromatic N) is 5. The van der Waals surface area contributed by atoms with E-state index in [0.717, 1.165) is 0 Å². The van der Waals surface area contributed by atoms with Crippen molar-refractivity contribution in [2.24, 2.45) is 10.2 Å². The van der Waals surface area contributed by atoms with Gasteiger partial charge in [-0.15, -0.1) is 10.2 Å². The van der Waals surface area contributed by atoms with E-state index >= 15 is 0 Å². The van der Waals surface area contributed by atoms with Crippen LogP contribution in [0.25, 0.3) is 0 Å². The molecule has 0 saturated heterocycles.